The lowest BCUT2D eigenvalue weighted by Crippen LogP contribution is -2.07. The van der Waals surface area contributed by atoms with Gasteiger partial charge >= 0.3 is 0 Å². The van der Waals surface area contributed by atoms with Crippen LogP contribution in [-0.2, 0) is 0 Å². The molecule has 0 fully saturated rings. The average Bonchev–Trinajstić information content (AvgIpc) is 2.19. The number of nitrogens with two attached hydrogens (primary N) is 1. The molecule has 0 aromatic carbocycles. The molecule has 76 valence electrons. The lowest BCUT2D eigenvalue weighted by atomic mass is 10.3. The van der Waals surface area contributed by atoms with Crippen molar-refractivity contribution in [2.75, 3.05) is 17.6 Å². The first-order chi connectivity index (χ1) is 6.75. The molecule has 0 bridgehead atoms. The SMILES string of the molecule is C/C=C/CCNc1ncnc(F)c1N. The van der Waals surface area contributed by atoms with E-state index in [-0.39, 0.29) is 5.69 Å². The number of aromatic nitrogens is 2. The molecule has 1 aromatic heterocycles. The van der Waals surface area contributed by atoms with Crippen molar-refractivity contribution < 1.29 is 4.39 Å². The Labute approximate surface area is 82.1 Å². The van der Waals surface area contributed by atoms with Crippen molar-refractivity contribution >= 4 is 11.5 Å². The van der Waals surface area contributed by atoms with Crippen molar-refractivity contribution in [1.29, 1.82) is 0 Å². The average molecular weight is 196 g/mol. The Kier molecular flexibility index (Phi) is 3.84. The molecule has 4 nitrogen and oxygen atoms in total. The van der Waals surface area contributed by atoms with Crippen LogP contribution >= 0.6 is 0 Å². The first-order valence-electron chi connectivity index (χ1n) is 4.36. The molecule has 0 radical (unpaired) electrons. The molecule has 1 aromatic rings. The molecular formula is C9H13FN4. The van der Waals surface area contributed by atoms with Crippen molar-refractivity contribution in [2.24, 2.45) is 0 Å². The minimum Gasteiger partial charge on any atom is -0.392 e. The van der Waals surface area contributed by atoms with Gasteiger partial charge in [0.25, 0.3) is 0 Å². The normalized spacial score (nSPS) is 10.7. The van der Waals surface area contributed by atoms with Gasteiger partial charge in [-0.25, -0.2) is 9.97 Å². The number of allylic oxidation sites excluding steroid dienone is 1. The van der Waals surface area contributed by atoms with Gasteiger partial charge < -0.3 is 11.1 Å². The summed E-state index contributed by atoms with van der Waals surface area (Å²) >= 11 is 0. The third-order valence-corrected chi connectivity index (χ3v) is 1.67. The largest absolute Gasteiger partial charge is 0.392 e. The Bertz CT molecular complexity index is 325. The van der Waals surface area contributed by atoms with Gasteiger partial charge in [-0.05, 0) is 13.3 Å². The minimum atomic E-state index is -0.687. The van der Waals surface area contributed by atoms with Crippen LogP contribution in [0.25, 0.3) is 0 Å². The maximum atomic E-state index is 12.8. The Morgan fingerprint density at radius 1 is 1.57 bits per heavy atom. The third-order valence-electron chi connectivity index (χ3n) is 1.67. The number of rotatable bonds is 4. The molecule has 3 N–H and O–H groups in total. The lowest BCUT2D eigenvalue weighted by Gasteiger charge is -2.05. The predicted molar refractivity (Wildman–Crippen MR) is 54.3 cm³/mol. The Balaban J connectivity index is 2.54. The van der Waals surface area contributed by atoms with E-state index in [1.165, 1.54) is 0 Å². The van der Waals surface area contributed by atoms with Crippen LogP contribution in [0.5, 0.6) is 0 Å². The quantitative estimate of drug-likeness (QED) is 0.436. The van der Waals surface area contributed by atoms with Gasteiger partial charge in [-0.15, -0.1) is 0 Å². The first kappa shape index (κ1) is 10.4. The summed E-state index contributed by atoms with van der Waals surface area (Å²) in [5.74, 6) is -0.337. The highest BCUT2D eigenvalue weighted by molar-refractivity contribution is 5.59. The van der Waals surface area contributed by atoms with E-state index >= 15 is 0 Å². The molecule has 0 saturated heterocycles. The monoisotopic (exact) mass is 196 g/mol. The van der Waals surface area contributed by atoms with Crippen molar-refractivity contribution in [3.63, 3.8) is 0 Å². The molecule has 0 unspecified atom stereocenters. The number of anilines is 2. The molecule has 1 rings (SSSR count). The topological polar surface area (TPSA) is 63.8 Å². The number of nitrogens with one attached hydrogen (secondary N) is 1. The summed E-state index contributed by atoms with van der Waals surface area (Å²) in [6.07, 6.45) is 5.94. The molecule has 0 amide bonds. The second-order valence-corrected chi connectivity index (χ2v) is 2.71. The number of halogens is 1. The van der Waals surface area contributed by atoms with E-state index in [0.29, 0.717) is 12.4 Å². The third kappa shape index (κ3) is 2.69. The van der Waals surface area contributed by atoms with Crippen LogP contribution in [0, 0.1) is 5.95 Å². The van der Waals surface area contributed by atoms with E-state index in [1.807, 2.05) is 19.1 Å². The van der Waals surface area contributed by atoms with Crippen molar-refractivity contribution in [1.82, 2.24) is 9.97 Å². The van der Waals surface area contributed by atoms with Gasteiger partial charge in [0.15, 0.2) is 5.82 Å². The fraction of sp³-hybridized carbons (Fsp3) is 0.333. The van der Waals surface area contributed by atoms with Gasteiger partial charge in [-0.2, -0.15) is 4.39 Å². The molecular weight excluding hydrogens is 183 g/mol. The van der Waals surface area contributed by atoms with Crippen molar-refractivity contribution in [3.05, 3.63) is 24.4 Å². The van der Waals surface area contributed by atoms with E-state index in [1.54, 1.807) is 0 Å². The van der Waals surface area contributed by atoms with Crippen LogP contribution in [0.1, 0.15) is 13.3 Å². The van der Waals surface area contributed by atoms with E-state index in [9.17, 15) is 4.39 Å². The first-order valence-corrected chi connectivity index (χ1v) is 4.36. The zero-order valence-electron chi connectivity index (χ0n) is 8.00. The van der Waals surface area contributed by atoms with E-state index in [4.69, 9.17) is 5.73 Å². The molecule has 0 spiro atoms. The van der Waals surface area contributed by atoms with Gasteiger partial charge in [-0.3, -0.25) is 0 Å². The Morgan fingerprint density at radius 2 is 2.36 bits per heavy atom. The summed E-state index contributed by atoms with van der Waals surface area (Å²) < 4.78 is 12.8. The molecule has 0 saturated carbocycles. The molecule has 1 heterocycles. The Hall–Kier alpha value is -1.65. The maximum Gasteiger partial charge on any atom is 0.241 e. The zero-order valence-corrected chi connectivity index (χ0v) is 8.00. The summed E-state index contributed by atoms with van der Waals surface area (Å²) in [4.78, 5) is 7.15. The Morgan fingerprint density at radius 3 is 3.07 bits per heavy atom. The molecule has 0 aliphatic rings. The highest BCUT2D eigenvalue weighted by atomic mass is 19.1. The highest BCUT2D eigenvalue weighted by Gasteiger charge is 2.05. The zero-order chi connectivity index (χ0) is 10.4. The summed E-state index contributed by atoms with van der Waals surface area (Å²) in [5, 5.41) is 2.92. The van der Waals surface area contributed by atoms with Crippen LogP contribution in [0.3, 0.4) is 0 Å². The molecule has 0 aliphatic carbocycles. The van der Waals surface area contributed by atoms with Crippen LogP contribution in [0.2, 0.25) is 0 Å². The fourth-order valence-corrected chi connectivity index (χ4v) is 0.956. The maximum absolute atomic E-state index is 12.8. The molecule has 5 heteroatoms. The molecule has 14 heavy (non-hydrogen) atoms. The lowest BCUT2D eigenvalue weighted by molar-refractivity contribution is 0.585. The summed E-state index contributed by atoms with van der Waals surface area (Å²) in [6.45, 7) is 2.61. The minimum absolute atomic E-state index is 0.0343. The van der Waals surface area contributed by atoms with Gasteiger partial charge in [0.2, 0.25) is 5.95 Å². The van der Waals surface area contributed by atoms with Crippen LogP contribution in [-0.4, -0.2) is 16.5 Å². The summed E-state index contributed by atoms with van der Waals surface area (Å²) in [6, 6.07) is 0. The molecule has 0 atom stereocenters. The fourth-order valence-electron chi connectivity index (χ4n) is 0.956. The van der Waals surface area contributed by atoms with Gasteiger partial charge in [0, 0.05) is 6.54 Å². The van der Waals surface area contributed by atoms with E-state index in [0.717, 1.165) is 12.7 Å². The van der Waals surface area contributed by atoms with Gasteiger partial charge in [0.05, 0.1) is 0 Å². The van der Waals surface area contributed by atoms with Crippen molar-refractivity contribution in [2.45, 2.75) is 13.3 Å². The molecule has 0 aliphatic heterocycles. The van der Waals surface area contributed by atoms with Crippen LogP contribution < -0.4 is 11.1 Å². The number of hydrogen-bond donors (Lipinski definition) is 2. The number of nitrogens with zero attached hydrogens (tertiary/aromatic N) is 2. The second-order valence-electron chi connectivity index (χ2n) is 2.71. The van der Waals surface area contributed by atoms with Gasteiger partial charge in [0.1, 0.15) is 12.0 Å². The summed E-state index contributed by atoms with van der Waals surface area (Å²) in [7, 11) is 0. The number of hydrogen-bond acceptors (Lipinski definition) is 4. The van der Waals surface area contributed by atoms with E-state index in [2.05, 4.69) is 15.3 Å². The second kappa shape index (κ2) is 5.16. The van der Waals surface area contributed by atoms with E-state index < -0.39 is 5.95 Å². The standard InChI is InChI=1S/C9H13FN4/c1-2-3-4-5-12-9-7(11)8(10)13-6-14-9/h2-3,6H,4-5,11H2,1H3,(H,12,13,14)/b3-2+. The smallest absolute Gasteiger partial charge is 0.241 e. The van der Waals surface area contributed by atoms with Crippen LogP contribution in [0.4, 0.5) is 15.9 Å². The summed E-state index contributed by atoms with van der Waals surface area (Å²) in [5.41, 5.74) is 5.38. The predicted octanol–water partition coefficient (Wildman–Crippen LogP) is 1.58. The van der Waals surface area contributed by atoms with Crippen LogP contribution in [0.15, 0.2) is 18.5 Å². The van der Waals surface area contributed by atoms with Gasteiger partial charge in [-0.1, -0.05) is 12.2 Å². The highest BCUT2D eigenvalue weighted by Crippen LogP contribution is 2.15. The van der Waals surface area contributed by atoms with Crippen molar-refractivity contribution in [3.8, 4) is 0 Å². The number of nitrogen functional groups attached to an aromatic ring is 1.